The number of nitrogens with one attached hydrogen (secondary N) is 1. The molecular weight excluding hydrogens is 260 g/mol. The van der Waals surface area contributed by atoms with Gasteiger partial charge in [-0.1, -0.05) is 12.1 Å². The second-order valence-corrected chi connectivity index (χ2v) is 5.92. The van der Waals surface area contributed by atoms with E-state index in [1.165, 1.54) is 30.4 Å². The Morgan fingerprint density at radius 1 is 1.19 bits per heavy atom. The van der Waals surface area contributed by atoms with Gasteiger partial charge in [0, 0.05) is 18.2 Å². The Balaban J connectivity index is 1.39. The molecule has 3 nitrogen and oxygen atoms in total. The molecular formula is C18H24N2O. The highest BCUT2D eigenvalue weighted by atomic mass is 16.3. The van der Waals surface area contributed by atoms with E-state index in [4.69, 9.17) is 10.2 Å². The summed E-state index contributed by atoms with van der Waals surface area (Å²) in [6, 6.07) is 10.9. The third kappa shape index (κ3) is 3.67. The van der Waals surface area contributed by atoms with Crippen molar-refractivity contribution < 1.29 is 4.42 Å². The Morgan fingerprint density at radius 3 is 3.00 bits per heavy atom. The van der Waals surface area contributed by atoms with Crippen molar-refractivity contribution in [3.05, 3.63) is 53.5 Å². The van der Waals surface area contributed by atoms with Crippen LogP contribution in [0.5, 0.6) is 0 Å². The Labute approximate surface area is 126 Å². The molecule has 1 heterocycles. The summed E-state index contributed by atoms with van der Waals surface area (Å²) < 4.78 is 5.35. The van der Waals surface area contributed by atoms with Gasteiger partial charge in [-0.2, -0.15) is 0 Å². The topological polar surface area (TPSA) is 51.2 Å². The Hall–Kier alpha value is -1.74. The first kappa shape index (κ1) is 14.2. The van der Waals surface area contributed by atoms with E-state index in [0.717, 1.165) is 37.3 Å². The summed E-state index contributed by atoms with van der Waals surface area (Å²) in [4.78, 5) is 0. The molecule has 0 amide bonds. The van der Waals surface area contributed by atoms with Crippen LogP contribution in [0.4, 0.5) is 5.69 Å². The molecule has 21 heavy (non-hydrogen) atoms. The van der Waals surface area contributed by atoms with Gasteiger partial charge in [0.2, 0.25) is 0 Å². The first-order chi connectivity index (χ1) is 10.3. The van der Waals surface area contributed by atoms with Crippen LogP contribution < -0.4 is 11.1 Å². The number of aryl methyl sites for hydroxylation is 1. The molecule has 1 aliphatic rings. The highest BCUT2D eigenvalue weighted by molar-refractivity contribution is 5.52. The van der Waals surface area contributed by atoms with E-state index in [9.17, 15) is 0 Å². The fourth-order valence-electron chi connectivity index (χ4n) is 3.20. The van der Waals surface area contributed by atoms with E-state index >= 15 is 0 Å². The quantitative estimate of drug-likeness (QED) is 0.632. The molecule has 3 N–H and O–H groups in total. The fraction of sp³-hybridized carbons (Fsp3) is 0.444. The number of rotatable bonds is 6. The van der Waals surface area contributed by atoms with Crippen LogP contribution >= 0.6 is 0 Å². The number of hydrogen-bond acceptors (Lipinski definition) is 3. The van der Waals surface area contributed by atoms with Crippen LogP contribution in [-0.2, 0) is 19.3 Å². The third-order valence-electron chi connectivity index (χ3n) is 4.38. The third-order valence-corrected chi connectivity index (χ3v) is 4.38. The number of furan rings is 1. The number of anilines is 1. The predicted molar refractivity (Wildman–Crippen MR) is 86.3 cm³/mol. The van der Waals surface area contributed by atoms with Crippen LogP contribution in [0.3, 0.4) is 0 Å². The standard InChI is InChI=1S/C18H24N2O/c19-18-8-3-5-14-13-15(9-10-17(14)18)20-11-2-1-6-16-7-4-12-21-16/h3-5,7-8,12,15,20H,1-2,6,9-11,13,19H2. The minimum Gasteiger partial charge on any atom is -0.469 e. The zero-order chi connectivity index (χ0) is 14.5. The molecule has 3 rings (SSSR count). The van der Waals surface area contributed by atoms with E-state index in [-0.39, 0.29) is 0 Å². The molecule has 1 aromatic heterocycles. The fourth-order valence-corrected chi connectivity index (χ4v) is 3.20. The molecule has 0 aliphatic heterocycles. The zero-order valence-corrected chi connectivity index (χ0v) is 12.5. The number of benzene rings is 1. The number of nitrogen functional groups attached to an aromatic ring is 1. The van der Waals surface area contributed by atoms with Gasteiger partial charge in [-0.25, -0.2) is 0 Å². The van der Waals surface area contributed by atoms with E-state index in [1.54, 1.807) is 6.26 Å². The van der Waals surface area contributed by atoms with Gasteiger partial charge < -0.3 is 15.5 Å². The van der Waals surface area contributed by atoms with Crippen LogP contribution in [0.2, 0.25) is 0 Å². The van der Waals surface area contributed by atoms with Crippen LogP contribution in [-0.4, -0.2) is 12.6 Å². The van der Waals surface area contributed by atoms with Crippen molar-refractivity contribution in [1.29, 1.82) is 0 Å². The Morgan fingerprint density at radius 2 is 2.14 bits per heavy atom. The van der Waals surface area contributed by atoms with E-state index < -0.39 is 0 Å². The zero-order valence-electron chi connectivity index (χ0n) is 12.5. The van der Waals surface area contributed by atoms with Gasteiger partial charge in [-0.3, -0.25) is 0 Å². The SMILES string of the molecule is Nc1cccc2c1CCC(NCCCCc1ccco1)C2. The van der Waals surface area contributed by atoms with Crippen molar-refractivity contribution in [2.45, 2.75) is 44.6 Å². The van der Waals surface area contributed by atoms with Crippen molar-refractivity contribution in [3.63, 3.8) is 0 Å². The van der Waals surface area contributed by atoms with E-state index in [1.807, 2.05) is 12.1 Å². The molecule has 0 saturated heterocycles. The molecule has 1 atom stereocenters. The minimum absolute atomic E-state index is 0.600. The van der Waals surface area contributed by atoms with Gasteiger partial charge in [0.15, 0.2) is 0 Å². The minimum atomic E-state index is 0.600. The lowest BCUT2D eigenvalue weighted by Crippen LogP contribution is -2.35. The van der Waals surface area contributed by atoms with Gasteiger partial charge in [0.25, 0.3) is 0 Å². The van der Waals surface area contributed by atoms with Crippen molar-refractivity contribution in [1.82, 2.24) is 5.32 Å². The molecule has 0 radical (unpaired) electrons. The second kappa shape index (κ2) is 6.81. The molecule has 2 aromatic rings. The summed E-state index contributed by atoms with van der Waals surface area (Å²) in [6.07, 6.45) is 8.57. The van der Waals surface area contributed by atoms with Crippen molar-refractivity contribution in [2.24, 2.45) is 0 Å². The van der Waals surface area contributed by atoms with Gasteiger partial charge >= 0.3 is 0 Å². The summed E-state index contributed by atoms with van der Waals surface area (Å²) in [6.45, 7) is 1.09. The Bertz CT molecular complexity index is 563. The first-order valence-corrected chi connectivity index (χ1v) is 7.95. The molecule has 1 unspecified atom stereocenters. The molecule has 0 saturated carbocycles. The lowest BCUT2D eigenvalue weighted by Gasteiger charge is -2.26. The molecule has 1 aromatic carbocycles. The Kier molecular flexibility index (Phi) is 4.61. The van der Waals surface area contributed by atoms with Gasteiger partial charge in [0.05, 0.1) is 6.26 Å². The first-order valence-electron chi connectivity index (χ1n) is 7.95. The average molecular weight is 284 g/mol. The normalized spacial score (nSPS) is 17.6. The molecule has 0 bridgehead atoms. The van der Waals surface area contributed by atoms with Gasteiger partial charge in [0.1, 0.15) is 5.76 Å². The van der Waals surface area contributed by atoms with Gasteiger partial charge in [-0.05, 0) is 68.0 Å². The number of unbranched alkanes of at least 4 members (excludes halogenated alkanes) is 1. The largest absolute Gasteiger partial charge is 0.469 e. The summed E-state index contributed by atoms with van der Waals surface area (Å²) in [7, 11) is 0. The molecule has 112 valence electrons. The average Bonchev–Trinajstić information content (AvgIpc) is 3.00. The smallest absolute Gasteiger partial charge is 0.103 e. The number of nitrogens with two attached hydrogens (primary N) is 1. The van der Waals surface area contributed by atoms with E-state index in [2.05, 4.69) is 23.5 Å². The molecule has 0 spiro atoms. The van der Waals surface area contributed by atoms with Crippen molar-refractivity contribution >= 4 is 5.69 Å². The molecule has 1 aliphatic carbocycles. The maximum absolute atomic E-state index is 6.04. The highest BCUT2D eigenvalue weighted by Gasteiger charge is 2.19. The van der Waals surface area contributed by atoms with Crippen molar-refractivity contribution in [2.75, 3.05) is 12.3 Å². The van der Waals surface area contributed by atoms with Crippen molar-refractivity contribution in [3.8, 4) is 0 Å². The second-order valence-electron chi connectivity index (χ2n) is 5.92. The molecule has 3 heteroatoms. The summed E-state index contributed by atoms with van der Waals surface area (Å²) >= 11 is 0. The number of fused-ring (bicyclic) bond motifs is 1. The monoisotopic (exact) mass is 284 g/mol. The summed E-state index contributed by atoms with van der Waals surface area (Å²) in [5.74, 6) is 1.09. The lowest BCUT2D eigenvalue weighted by atomic mass is 9.87. The highest BCUT2D eigenvalue weighted by Crippen LogP contribution is 2.26. The summed E-state index contributed by atoms with van der Waals surface area (Å²) in [5.41, 5.74) is 9.80. The van der Waals surface area contributed by atoms with Crippen LogP contribution in [0.15, 0.2) is 41.0 Å². The van der Waals surface area contributed by atoms with Gasteiger partial charge in [-0.15, -0.1) is 0 Å². The van der Waals surface area contributed by atoms with Crippen LogP contribution in [0, 0.1) is 0 Å². The van der Waals surface area contributed by atoms with Crippen LogP contribution in [0.1, 0.15) is 36.1 Å². The number of hydrogen-bond donors (Lipinski definition) is 2. The lowest BCUT2D eigenvalue weighted by molar-refractivity contribution is 0.444. The van der Waals surface area contributed by atoms with Crippen LogP contribution in [0.25, 0.3) is 0 Å². The summed E-state index contributed by atoms with van der Waals surface area (Å²) in [5, 5.41) is 3.69. The predicted octanol–water partition coefficient (Wildman–Crippen LogP) is 3.33. The maximum atomic E-state index is 6.04. The van der Waals surface area contributed by atoms with E-state index in [0.29, 0.717) is 6.04 Å². The molecule has 0 fully saturated rings. The maximum Gasteiger partial charge on any atom is 0.103 e.